The Balaban J connectivity index is 2.48. The van der Waals surface area contributed by atoms with Gasteiger partial charge in [0, 0.05) is 18.3 Å². The lowest BCUT2D eigenvalue weighted by atomic mass is 10.0. The summed E-state index contributed by atoms with van der Waals surface area (Å²) in [6, 6.07) is 3.10. The van der Waals surface area contributed by atoms with Gasteiger partial charge in [0.15, 0.2) is 0 Å². The Morgan fingerprint density at radius 2 is 2.18 bits per heavy atom. The number of hydrogen-bond acceptors (Lipinski definition) is 4. The van der Waals surface area contributed by atoms with Crippen LogP contribution in [-0.2, 0) is 10.0 Å². The van der Waals surface area contributed by atoms with Crippen molar-refractivity contribution in [2.75, 3.05) is 12.3 Å². The summed E-state index contributed by atoms with van der Waals surface area (Å²) in [5.74, 6) is 0.0650. The van der Waals surface area contributed by atoms with E-state index in [0.717, 1.165) is 12.8 Å². The fourth-order valence-electron chi connectivity index (χ4n) is 2.27. The average Bonchev–Trinajstić information content (AvgIpc) is 2.59. The number of rotatable bonds is 2. The van der Waals surface area contributed by atoms with Crippen LogP contribution in [0, 0.1) is 0 Å². The summed E-state index contributed by atoms with van der Waals surface area (Å²) in [4.78, 5) is 3.94. The molecule has 1 aliphatic rings. The van der Waals surface area contributed by atoms with E-state index in [1.807, 2.05) is 13.8 Å². The van der Waals surface area contributed by atoms with Crippen molar-refractivity contribution in [3.63, 3.8) is 0 Å². The van der Waals surface area contributed by atoms with E-state index < -0.39 is 10.0 Å². The third-order valence-electron chi connectivity index (χ3n) is 3.19. The molecule has 2 heterocycles. The van der Waals surface area contributed by atoms with Gasteiger partial charge in [-0.25, -0.2) is 13.4 Å². The van der Waals surface area contributed by atoms with Crippen LogP contribution in [0.1, 0.15) is 26.7 Å². The van der Waals surface area contributed by atoms with Crippen molar-refractivity contribution in [3.05, 3.63) is 18.3 Å². The second-order valence-corrected chi connectivity index (χ2v) is 6.71. The number of anilines is 1. The highest BCUT2D eigenvalue weighted by Gasteiger charge is 2.41. The zero-order chi connectivity index (χ0) is 12.7. The molecule has 1 aliphatic heterocycles. The molecule has 1 saturated heterocycles. The first-order valence-corrected chi connectivity index (χ1v) is 7.03. The van der Waals surface area contributed by atoms with E-state index in [4.69, 9.17) is 5.73 Å². The van der Waals surface area contributed by atoms with Crippen LogP contribution in [0.2, 0.25) is 0 Å². The number of nitrogen functional groups attached to an aromatic ring is 1. The van der Waals surface area contributed by atoms with Gasteiger partial charge in [-0.05, 0) is 38.8 Å². The molecule has 0 bridgehead atoms. The Hall–Kier alpha value is -1.14. The van der Waals surface area contributed by atoms with Crippen molar-refractivity contribution in [1.82, 2.24) is 9.29 Å². The number of pyridine rings is 1. The minimum Gasteiger partial charge on any atom is -0.383 e. The highest BCUT2D eigenvalue weighted by Crippen LogP contribution is 2.34. The van der Waals surface area contributed by atoms with Crippen molar-refractivity contribution in [2.24, 2.45) is 0 Å². The first-order chi connectivity index (χ1) is 7.86. The average molecular weight is 255 g/mol. The van der Waals surface area contributed by atoms with Gasteiger partial charge in [-0.3, -0.25) is 0 Å². The number of hydrogen-bond donors (Lipinski definition) is 1. The highest BCUT2D eigenvalue weighted by atomic mass is 32.2. The monoisotopic (exact) mass is 255 g/mol. The number of nitrogens with zero attached hydrogens (tertiary/aromatic N) is 2. The molecule has 1 aromatic heterocycles. The zero-order valence-corrected chi connectivity index (χ0v) is 10.9. The molecule has 1 fully saturated rings. The lowest BCUT2D eigenvalue weighted by Crippen LogP contribution is -2.42. The molecule has 94 valence electrons. The van der Waals surface area contributed by atoms with Crippen molar-refractivity contribution < 1.29 is 8.42 Å². The number of sulfonamides is 1. The molecule has 0 radical (unpaired) electrons. The van der Waals surface area contributed by atoms with Crippen LogP contribution in [-0.4, -0.2) is 29.8 Å². The SMILES string of the molecule is CC1(C)CCCN1S(=O)(=O)c1cccnc1N. The molecule has 0 amide bonds. The lowest BCUT2D eigenvalue weighted by Gasteiger charge is -2.30. The second-order valence-electron chi connectivity index (χ2n) is 4.88. The Morgan fingerprint density at radius 1 is 1.47 bits per heavy atom. The molecular weight excluding hydrogens is 238 g/mol. The zero-order valence-electron chi connectivity index (χ0n) is 10.0. The van der Waals surface area contributed by atoms with Gasteiger partial charge in [0.25, 0.3) is 0 Å². The molecule has 0 aromatic carbocycles. The van der Waals surface area contributed by atoms with Crippen molar-refractivity contribution in [1.29, 1.82) is 0 Å². The van der Waals surface area contributed by atoms with E-state index in [9.17, 15) is 8.42 Å². The van der Waals surface area contributed by atoms with Crippen LogP contribution in [0.15, 0.2) is 23.2 Å². The Kier molecular flexibility index (Phi) is 2.87. The van der Waals surface area contributed by atoms with Crippen LogP contribution in [0.3, 0.4) is 0 Å². The summed E-state index contributed by atoms with van der Waals surface area (Å²) in [6.07, 6.45) is 3.24. The molecule has 0 aliphatic carbocycles. The maximum Gasteiger partial charge on any atom is 0.247 e. The molecule has 0 atom stereocenters. The largest absolute Gasteiger partial charge is 0.383 e. The van der Waals surface area contributed by atoms with Crippen LogP contribution in [0.4, 0.5) is 5.82 Å². The summed E-state index contributed by atoms with van der Waals surface area (Å²) in [5, 5.41) is 0. The topological polar surface area (TPSA) is 76.3 Å². The van der Waals surface area contributed by atoms with Gasteiger partial charge in [0.1, 0.15) is 10.7 Å². The van der Waals surface area contributed by atoms with E-state index >= 15 is 0 Å². The van der Waals surface area contributed by atoms with Crippen molar-refractivity contribution >= 4 is 15.8 Å². The predicted octanol–water partition coefficient (Wildman–Crippen LogP) is 1.23. The van der Waals surface area contributed by atoms with Crippen molar-refractivity contribution in [3.8, 4) is 0 Å². The molecule has 0 spiro atoms. The fourth-order valence-corrected chi connectivity index (χ4v) is 4.18. The Morgan fingerprint density at radius 3 is 2.71 bits per heavy atom. The second kappa shape index (κ2) is 3.96. The first-order valence-electron chi connectivity index (χ1n) is 5.59. The standard InChI is InChI=1S/C11H17N3O2S/c1-11(2)6-4-8-14(11)17(15,16)9-5-3-7-13-10(9)12/h3,5,7H,4,6,8H2,1-2H3,(H2,12,13). The predicted molar refractivity (Wildman–Crippen MR) is 65.9 cm³/mol. The Bertz CT molecular complexity index is 525. The summed E-state index contributed by atoms with van der Waals surface area (Å²) in [5.41, 5.74) is 5.30. The Labute approximate surface area is 102 Å². The van der Waals surface area contributed by atoms with Crippen LogP contribution in [0.5, 0.6) is 0 Å². The van der Waals surface area contributed by atoms with E-state index in [1.54, 1.807) is 6.07 Å². The third kappa shape index (κ3) is 2.02. The molecule has 2 rings (SSSR count). The first kappa shape index (κ1) is 12.3. The molecule has 17 heavy (non-hydrogen) atoms. The summed E-state index contributed by atoms with van der Waals surface area (Å²) in [6.45, 7) is 4.41. The summed E-state index contributed by atoms with van der Waals surface area (Å²) in [7, 11) is -3.53. The van der Waals surface area contributed by atoms with E-state index in [0.29, 0.717) is 6.54 Å². The molecule has 5 nitrogen and oxygen atoms in total. The fraction of sp³-hybridized carbons (Fsp3) is 0.545. The number of nitrogens with two attached hydrogens (primary N) is 1. The lowest BCUT2D eigenvalue weighted by molar-refractivity contribution is 0.292. The maximum absolute atomic E-state index is 12.5. The minimum atomic E-state index is -3.53. The van der Waals surface area contributed by atoms with Gasteiger partial charge < -0.3 is 5.73 Å². The highest BCUT2D eigenvalue weighted by molar-refractivity contribution is 7.89. The van der Waals surface area contributed by atoms with Gasteiger partial charge in [-0.15, -0.1) is 0 Å². The molecule has 2 N–H and O–H groups in total. The van der Waals surface area contributed by atoms with Gasteiger partial charge >= 0.3 is 0 Å². The van der Waals surface area contributed by atoms with Crippen LogP contribution in [0.25, 0.3) is 0 Å². The summed E-state index contributed by atoms with van der Waals surface area (Å²) >= 11 is 0. The normalized spacial score (nSPS) is 20.6. The molecular formula is C11H17N3O2S. The van der Waals surface area contributed by atoms with E-state index in [2.05, 4.69) is 4.98 Å². The van der Waals surface area contributed by atoms with Crippen LogP contribution < -0.4 is 5.73 Å². The van der Waals surface area contributed by atoms with Gasteiger partial charge in [0.05, 0.1) is 0 Å². The number of aromatic nitrogens is 1. The van der Waals surface area contributed by atoms with Gasteiger partial charge in [-0.1, -0.05) is 0 Å². The van der Waals surface area contributed by atoms with E-state index in [-0.39, 0.29) is 16.3 Å². The van der Waals surface area contributed by atoms with Crippen molar-refractivity contribution in [2.45, 2.75) is 37.1 Å². The maximum atomic E-state index is 12.5. The van der Waals surface area contributed by atoms with E-state index in [1.165, 1.54) is 16.6 Å². The minimum absolute atomic E-state index is 0.0650. The van der Waals surface area contributed by atoms with Crippen LogP contribution >= 0.6 is 0 Å². The van der Waals surface area contributed by atoms with Gasteiger partial charge in [0.2, 0.25) is 10.0 Å². The smallest absolute Gasteiger partial charge is 0.247 e. The molecule has 0 saturated carbocycles. The molecule has 6 heteroatoms. The summed E-state index contributed by atoms with van der Waals surface area (Å²) < 4.78 is 26.5. The third-order valence-corrected chi connectivity index (χ3v) is 5.35. The quantitative estimate of drug-likeness (QED) is 0.862. The van der Waals surface area contributed by atoms with Gasteiger partial charge in [-0.2, -0.15) is 4.31 Å². The molecule has 1 aromatic rings. The molecule has 0 unspecified atom stereocenters.